The molecule has 3 N–H and O–H groups in total. The minimum atomic E-state index is -0.0464. The second-order valence-corrected chi connectivity index (χ2v) is 7.67. The number of hydrogen-bond donors (Lipinski definition) is 3. The number of benzene rings is 1. The fourth-order valence-corrected chi connectivity index (χ4v) is 4.26. The molecule has 0 saturated carbocycles. The van der Waals surface area contributed by atoms with Gasteiger partial charge in [0.2, 0.25) is 5.91 Å². The number of H-pyrrole nitrogens is 2. The van der Waals surface area contributed by atoms with Gasteiger partial charge in [0.15, 0.2) is 5.69 Å². The number of amides is 2. The Balaban J connectivity index is 1.22. The summed E-state index contributed by atoms with van der Waals surface area (Å²) in [5.74, 6) is 0.0538. The van der Waals surface area contributed by atoms with Crippen LogP contribution in [0.4, 0.5) is 0 Å². The molecular formula is C21H24N6O2. The van der Waals surface area contributed by atoms with Gasteiger partial charge in [0.25, 0.3) is 5.91 Å². The molecule has 29 heavy (non-hydrogen) atoms. The first-order valence-corrected chi connectivity index (χ1v) is 10.1. The molecule has 0 unspecified atom stereocenters. The van der Waals surface area contributed by atoms with Crippen molar-refractivity contribution in [1.82, 2.24) is 30.3 Å². The highest BCUT2D eigenvalue weighted by molar-refractivity contribution is 5.94. The van der Waals surface area contributed by atoms with E-state index >= 15 is 0 Å². The van der Waals surface area contributed by atoms with Crippen LogP contribution in [0.2, 0.25) is 0 Å². The Labute approximate surface area is 168 Å². The van der Waals surface area contributed by atoms with Crippen LogP contribution in [0.15, 0.2) is 30.5 Å². The minimum absolute atomic E-state index is 0.0464. The van der Waals surface area contributed by atoms with E-state index in [0.29, 0.717) is 44.8 Å². The van der Waals surface area contributed by atoms with E-state index in [9.17, 15) is 9.59 Å². The Morgan fingerprint density at radius 3 is 2.72 bits per heavy atom. The van der Waals surface area contributed by atoms with Crippen molar-refractivity contribution in [2.75, 3.05) is 32.7 Å². The highest BCUT2D eigenvalue weighted by Crippen LogP contribution is 2.20. The van der Waals surface area contributed by atoms with Crippen LogP contribution in [0.1, 0.15) is 27.3 Å². The smallest absolute Gasteiger partial charge is 0.274 e. The molecule has 1 fully saturated rings. The number of aromatic nitrogens is 3. The lowest BCUT2D eigenvalue weighted by Crippen LogP contribution is -2.51. The molecule has 8 nitrogen and oxygen atoms in total. The number of fused-ring (bicyclic) bond motifs is 2. The van der Waals surface area contributed by atoms with E-state index in [-0.39, 0.29) is 11.8 Å². The molecule has 0 spiro atoms. The molecular weight excluding hydrogens is 368 g/mol. The first-order valence-electron chi connectivity index (χ1n) is 10.1. The van der Waals surface area contributed by atoms with Crippen molar-refractivity contribution in [2.24, 2.45) is 0 Å². The third kappa shape index (κ3) is 3.29. The zero-order valence-corrected chi connectivity index (χ0v) is 16.2. The SMILES string of the molecule is O=C(Cc1c[nH]c2ccccc12)N1CCN(C(=O)c2n[nH]c3c2CNCC3)CC1. The number of rotatable bonds is 3. The van der Waals surface area contributed by atoms with Crippen LogP contribution in [0.3, 0.4) is 0 Å². The molecule has 3 aromatic rings. The molecule has 2 aromatic heterocycles. The van der Waals surface area contributed by atoms with Crippen LogP contribution in [-0.2, 0) is 24.2 Å². The lowest BCUT2D eigenvalue weighted by atomic mass is 10.1. The molecule has 1 saturated heterocycles. The molecule has 0 aliphatic carbocycles. The summed E-state index contributed by atoms with van der Waals surface area (Å²) in [6.45, 7) is 3.76. The van der Waals surface area contributed by atoms with Gasteiger partial charge in [0, 0.05) is 74.0 Å². The van der Waals surface area contributed by atoms with Crippen LogP contribution >= 0.6 is 0 Å². The molecule has 2 amide bonds. The Bertz CT molecular complexity index is 1060. The van der Waals surface area contributed by atoms with Gasteiger partial charge in [-0.1, -0.05) is 18.2 Å². The van der Waals surface area contributed by atoms with E-state index in [1.807, 2.05) is 35.4 Å². The van der Waals surface area contributed by atoms with E-state index in [0.717, 1.165) is 40.7 Å². The maximum absolute atomic E-state index is 12.9. The quantitative estimate of drug-likeness (QED) is 0.621. The summed E-state index contributed by atoms with van der Waals surface area (Å²) < 4.78 is 0. The Morgan fingerprint density at radius 2 is 1.86 bits per heavy atom. The van der Waals surface area contributed by atoms with Crippen molar-refractivity contribution in [1.29, 1.82) is 0 Å². The van der Waals surface area contributed by atoms with Gasteiger partial charge in [-0.15, -0.1) is 0 Å². The number of para-hydroxylation sites is 1. The van der Waals surface area contributed by atoms with Gasteiger partial charge in [-0.2, -0.15) is 5.10 Å². The highest BCUT2D eigenvalue weighted by Gasteiger charge is 2.29. The number of carbonyl (C=O) groups excluding carboxylic acids is 2. The topological polar surface area (TPSA) is 97.1 Å². The first-order chi connectivity index (χ1) is 14.2. The summed E-state index contributed by atoms with van der Waals surface area (Å²) in [6, 6.07) is 8.01. The molecule has 8 heteroatoms. The Hall–Kier alpha value is -3.13. The largest absolute Gasteiger partial charge is 0.361 e. The molecule has 4 heterocycles. The standard InChI is InChI=1S/C21H24N6O2/c28-19(11-14-12-23-17-4-2-1-3-15(14)17)26-7-9-27(10-8-26)21(29)20-16-13-22-6-5-18(16)24-25-20/h1-4,12,22-23H,5-11,13H2,(H,24,25). The maximum atomic E-state index is 12.9. The highest BCUT2D eigenvalue weighted by atomic mass is 16.2. The van der Waals surface area contributed by atoms with Crippen LogP contribution in [0.25, 0.3) is 10.9 Å². The van der Waals surface area contributed by atoms with Gasteiger partial charge >= 0.3 is 0 Å². The molecule has 0 bridgehead atoms. The Kier molecular flexibility index (Phi) is 4.55. The average molecular weight is 392 g/mol. The summed E-state index contributed by atoms with van der Waals surface area (Å²) in [6.07, 6.45) is 3.15. The number of nitrogens with one attached hydrogen (secondary N) is 3. The molecule has 2 aliphatic heterocycles. The third-order valence-electron chi connectivity index (χ3n) is 5.95. The molecule has 2 aliphatic rings. The molecule has 150 valence electrons. The summed E-state index contributed by atoms with van der Waals surface area (Å²) in [7, 11) is 0. The van der Waals surface area contributed by atoms with Crippen molar-refractivity contribution in [2.45, 2.75) is 19.4 Å². The van der Waals surface area contributed by atoms with Crippen molar-refractivity contribution in [3.63, 3.8) is 0 Å². The summed E-state index contributed by atoms with van der Waals surface area (Å²) in [5, 5.41) is 11.7. The van der Waals surface area contributed by atoms with E-state index in [2.05, 4.69) is 20.5 Å². The maximum Gasteiger partial charge on any atom is 0.274 e. The fourth-order valence-electron chi connectivity index (χ4n) is 4.26. The lowest BCUT2D eigenvalue weighted by Gasteiger charge is -2.34. The van der Waals surface area contributed by atoms with Crippen LogP contribution < -0.4 is 5.32 Å². The minimum Gasteiger partial charge on any atom is -0.361 e. The van der Waals surface area contributed by atoms with Crippen molar-refractivity contribution in [3.8, 4) is 0 Å². The number of nitrogens with zero attached hydrogens (tertiary/aromatic N) is 3. The second kappa shape index (κ2) is 7.36. The molecule has 0 radical (unpaired) electrons. The summed E-state index contributed by atoms with van der Waals surface area (Å²) in [4.78, 5) is 32.6. The molecule has 1 aromatic carbocycles. The van der Waals surface area contributed by atoms with E-state index in [4.69, 9.17) is 0 Å². The van der Waals surface area contributed by atoms with Crippen LogP contribution in [-0.4, -0.2) is 69.5 Å². The Morgan fingerprint density at radius 1 is 1.07 bits per heavy atom. The lowest BCUT2D eigenvalue weighted by molar-refractivity contribution is -0.131. The number of aromatic amines is 2. The van der Waals surface area contributed by atoms with Crippen LogP contribution in [0, 0.1) is 0 Å². The van der Waals surface area contributed by atoms with E-state index in [1.165, 1.54) is 0 Å². The molecule has 5 rings (SSSR count). The van der Waals surface area contributed by atoms with Gasteiger partial charge in [-0.25, -0.2) is 0 Å². The predicted octanol–water partition coefficient (Wildman–Crippen LogP) is 1.06. The van der Waals surface area contributed by atoms with Gasteiger partial charge in [-0.05, 0) is 11.6 Å². The zero-order chi connectivity index (χ0) is 19.8. The summed E-state index contributed by atoms with van der Waals surface area (Å²) >= 11 is 0. The zero-order valence-electron chi connectivity index (χ0n) is 16.2. The van der Waals surface area contributed by atoms with Gasteiger partial charge in [0.05, 0.1) is 6.42 Å². The van der Waals surface area contributed by atoms with Crippen LogP contribution in [0.5, 0.6) is 0 Å². The van der Waals surface area contributed by atoms with Crippen molar-refractivity contribution < 1.29 is 9.59 Å². The second-order valence-electron chi connectivity index (χ2n) is 7.67. The van der Waals surface area contributed by atoms with Crippen molar-refractivity contribution in [3.05, 3.63) is 53.0 Å². The number of piperazine rings is 1. The first kappa shape index (κ1) is 17.9. The van der Waals surface area contributed by atoms with Crippen molar-refractivity contribution >= 4 is 22.7 Å². The predicted molar refractivity (Wildman–Crippen MR) is 108 cm³/mol. The average Bonchev–Trinajstić information content (AvgIpc) is 3.38. The third-order valence-corrected chi connectivity index (χ3v) is 5.95. The normalized spacial score (nSPS) is 16.8. The fraction of sp³-hybridized carbons (Fsp3) is 0.381. The number of hydrogen-bond acceptors (Lipinski definition) is 4. The van der Waals surface area contributed by atoms with E-state index < -0.39 is 0 Å². The van der Waals surface area contributed by atoms with Gasteiger partial charge in [0.1, 0.15) is 0 Å². The van der Waals surface area contributed by atoms with E-state index in [1.54, 1.807) is 4.90 Å². The van der Waals surface area contributed by atoms with Gasteiger partial charge < -0.3 is 20.1 Å². The molecule has 0 atom stereocenters. The monoisotopic (exact) mass is 392 g/mol. The summed E-state index contributed by atoms with van der Waals surface area (Å²) in [5.41, 5.74) is 4.62. The van der Waals surface area contributed by atoms with Gasteiger partial charge in [-0.3, -0.25) is 14.7 Å². The number of carbonyl (C=O) groups is 2.